The fourth-order valence-electron chi connectivity index (χ4n) is 1.61. The van der Waals surface area contributed by atoms with E-state index in [9.17, 15) is 0 Å². The Morgan fingerprint density at radius 1 is 1.21 bits per heavy atom. The van der Waals surface area contributed by atoms with Gasteiger partial charge in [-0.25, -0.2) is 0 Å². The number of rotatable bonds is 1. The highest BCUT2D eigenvalue weighted by molar-refractivity contribution is 7.12. The lowest BCUT2D eigenvalue weighted by Gasteiger charge is -1.96. The molecule has 0 aromatic carbocycles. The van der Waals surface area contributed by atoms with Crippen LogP contribution in [0.5, 0.6) is 0 Å². The summed E-state index contributed by atoms with van der Waals surface area (Å²) in [6, 6.07) is 2.21. The largest absolute Gasteiger partial charge is 0.282 e. The molecule has 0 aliphatic rings. The van der Waals surface area contributed by atoms with E-state index in [1.807, 2.05) is 11.3 Å². The molecule has 0 bridgehead atoms. The van der Waals surface area contributed by atoms with Crippen molar-refractivity contribution in [3.05, 3.63) is 27.1 Å². The number of hydrogen-bond donors (Lipinski definition) is 1. The lowest BCUT2D eigenvalue weighted by molar-refractivity contribution is 1.05. The van der Waals surface area contributed by atoms with Gasteiger partial charge in [0.25, 0.3) is 0 Å². The predicted molar refractivity (Wildman–Crippen MR) is 60.8 cm³/mol. The average Bonchev–Trinajstić information content (AvgIpc) is 2.59. The van der Waals surface area contributed by atoms with Crippen LogP contribution >= 0.6 is 11.3 Å². The molecule has 2 aromatic heterocycles. The van der Waals surface area contributed by atoms with Crippen molar-refractivity contribution >= 4 is 11.3 Å². The zero-order chi connectivity index (χ0) is 10.3. The SMILES string of the molecule is Cc1cc(-c2n[nH]c(C)c2C)c(C)s1. The number of hydrogen-bond acceptors (Lipinski definition) is 2. The molecule has 2 nitrogen and oxygen atoms in total. The standard InChI is InChI=1S/C11H14N2S/c1-6-5-10(9(4)14-6)11-7(2)8(3)12-13-11/h5H,1-4H3,(H,12,13). The minimum Gasteiger partial charge on any atom is -0.282 e. The smallest absolute Gasteiger partial charge is 0.0963 e. The normalized spacial score (nSPS) is 10.9. The molecule has 2 aromatic rings. The Balaban J connectivity index is 2.59. The molecule has 0 unspecified atom stereocenters. The van der Waals surface area contributed by atoms with E-state index in [-0.39, 0.29) is 0 Å². The Hall–Kier alpha value is -1.09. The zero-order valence-electron chi connectivity index (χ0n) is 8.93. The van der Waals surface area contributed by atoms with Crippen LogP contribution in [0.2, 0.25) is 0 Å². The van der Waals surface area contributed by atoms with Crippen LogP contribution in [0.1, 0.15) is 21.0 Å². The Morgan fingerprint density at radius 3 is 2.36 bits per heavy atom. The third kappa shape index (κ3) is 1.38. The molecule has 0 fully saturated rings. The molecule has 0 aliphatic heterocycles. The minimum absolute atomic E-state index is 1.10. The van der Waals surface area contributed by atoms with Gasteiger partial charge in [-0.15, -0.1) is 11.3 Å². The Bertz CT molecular complexity index is 466. The summed E-state index contributed by atoms with van der Waals surface area (Å²) < 4.78 is 0. The quantitative estimate of drug-likeness (QED) is 0.761. The van der Waals surface area contributed by atoms with Gasteiger partial charge >= 0.3 is 0 Å². The molecule has 2 rings (SSSR count). The fourth-order valence-corrected chi connectivity index (χ4v) is 2.54. The van der Waals surface area contributed by atoms with Crippen LogP contribution in [-0.4, -0.2) is 10.2 Å². The molecule has 0 radical (unpaired) electrons. The molecule has 0 saturated heterocycles. The van der Waals surface area contributed by atoms with Crippen LogP contribution in [0.4, 0.5) is 0 Å². The van der Waals surface area contributed by atoms with Gasteiger partial charge in [-0.1, -0.05) is 0 Å². The lowest BCUT2D eigenvalue weighted by Crippen LogP contribution is -1.80. The van der Waals surface area contributed by atoms with E-state index in [2.05, 4.69) is 44.0 Å². The second kappa shape index (κ2) is 3.24. The van der Waals surface area contributed by atoms with Crippen molar-refractivity contribution < 1.29 is 0 Å². The molecule has 0 amide bonds. The topological polar surface area (TPSA) is 28.7 Å². The van der Waals surface area contributed by atoms with Crippen molar-refractivity contribution in [3.63, 3.8) is 0 Å². The first kappa shape index (κ1) is 9.46. The summed E-state index contributed by atoms with van der Waals surface area (Å²) in [7, 11) is 0. The van der Waals surface area contributed by atoms with Crippen LogP contribution < -0.4 is 0 Å². The molecular weight excluding hydrogens is 192 g/mol. The monoisotopic (exact) mass is 206 g/mol. The number of aromatic amines is 1. The second-order valence-electron chi connectivity index (χ2n) is 3.65. The minimum atomic E-state index is 1.10. The van der Waals surface area contributed by atoms with Gasteiger partial charge in [0.05, 0.1) is 5.69 Å². The van der Waals surface area contributed by atoms with E-state index in [0.29, 0.717) is 0 Å². The predicted octanol–water partition coefficient (Wildman–Crippen LogP) is 3.37. The molecule has 0 saturated carbocycles. The van der Waals surface area contributed by atoms with E-state index in [1.165, 1.54) is 20.9 Å². The summed E-state index contributed by atoms with van der Waals surface area (Å²) in [6.45, 7) is 8.45. The molecule has 14 heavy (non-hydrogen) atoms. The highest BCUT2D eigenvalue weighted by atomic mass is 32.1. The van der Waals surface area contributed by atoms with Crippen molar-refractivity contribution in [3.8, 4) is 11.3 Å². The molecule has 0 atom stereocenters. The number of H-pyrrole nitrogens is 1. The number of thiophene rings is 1. The molecule has 74 valence electrons. The van der Waals surface area contributed by atoms with E-state index >= 15 is 0 Å². The highest BCUT2D eigenvalue weighted by Gasteiger charge is 2.12. The van der Waals surface area contributed by atoms with Crippen molar-refractivity contribution in [2.24, 2.45) is 0 Å². The summed E-state index contributed by atoms with van der Waals surface area (Å²) in [5.41, 5.74) is 4.79. The maximum atomic E-state index is 4.34. The molecule has 1 N–H and O–H groups in total. The molecule has 2 heterocycles. The van der Waals surface area contributed by atoms with Gasteiger partial charge in [0.15, 0.2) is 0 Å². The maximum Gasteiger partial charge on any atom is 0.0963 e. The fraction of sp³-hybridized carbons (Fsp3) is 0.364. The Morgan fingerprint density at radius 2 is 1.93 bits per heavy atom. The van der Waals surface area contributed by atoms with Crippen LogP contribution in [0.25, 0.3) is 11.3 Å². The molecule has 0 aliphatic carbocycles. The van der Waals surface area contributed by atoms with Gasteiger partial charge in [-0.2, -0.15) is 5.10 Å². The van der Waals surface area contributed by atoms with E-state index in [0.717, 1.165) is 11.4 Å². The van der Waals surface area contributed by atoms with Crippen LogP contribution in [0, 0.1) is 27.7 Å². The second-order valence-corrected chi connectivity index (χ2v) is 5.11. The first-order valence-electron chi connectivity index (χ1n) is 4.68. The van der Waals surface area contributed by atoms with Gasteiger partial charge < -0.3 is 0 Å². The molecule has 0 spiro atoms. The summed E-state index contributed by atoms with van der Waals surface area (Å²) in [6.07, 6.45) is 0. The number of nitrogens with zero attached hydrogens (tertiary/aromatic N) is 1. The van der Waals surface area contributed by atoms with Gasteiger partial charge in [0, 0.05) is 21.0 Å². The summed E-state index contributed by atoms with van der Waals surface area (Å²) in [5.74, 6) is 0. The first-order valence-corrected chi connectivity index (χ1v) is 5.50. The first-order chi connectivity index (χ1) is 6.59. The van der Waals surface area contributed by atoms with Crippen molar-refractivity contribution in [1.82, 2.24) is 10.2 Å². The highest BCUT2D eigenvalue weighted by Crippen LogP contribution is 2.31. The van der Waals surface area contributed by atoms with E-state index in [4.69, 9.17) is 0 Å². The third-order valence-electron chi connectivity index (χ3n) is 2.55. The summed E-state index contributed by atoms with van der Waals surface area (Å²) >= 11 is 1.83. The number of aryl methyl sites for hydroxylation is 3. The summed E-state index contributed by atoms with van der Waals surface area (Å²) in [5, 5.41) is 7.37. The zero-order valence-corrected chi connectivity index (χ0v) is 9.75. The maximum absolute atomic E-state index is 4.34. The van der Waals surface area contributed by atoms with Gasteiger partial charge in [-0.05, 0) is 39.3 Å². The average molecular weight is 206 g/mol. The van der Waals surface area contributed by atoms with Crippen LogP contribution in [0.3, 0.4) is 0 Å². The van der Waals surface area contributed by atoms with Crippen LogP contribution in [-0.2, 0) is 0 Å². The lowest BCUT2D eigenvalue weighted by atomic mass is 10.1. The van der Waals surface area contributed by atoms with Crippen molar-refractivity contribution in [2.45, 2.75) is 27.7 Å². The summed E-state index contributed by atoms with van der Waals surface area (Å²) in [4.78, 5) is 2.69. The third-order valence-corrected chi connectivity index (χ3v) is 3.52. The van der Waals surface area contributed by atoms with Crippen molar-refractivity contribution in [2.75, 3.05) is 0 Å². The number of aromatic nitrogens is 2. The van der Waals surface area contributed by atoms with Crippen molar-refractivity contribution in [1.29, 1.82) is 0 Å². The number of nitrogens with one attached hydrogen (secondary N) is 1. The molecule has 3 heteroatoms. The Kier molecular flexibility index (Phi) is 2.19. The van der Waals surface area contributed by atoms with Gasteiger partial charge in [0.2, 0.25) is 0 Å². The van der Waals surface area contributed by atoms with E-state index < -0.39 is 0 Å². The van der Waals surface area contributed by atoms with E-state index in [1.54, 1.807) is 0 Å². The molecular formula is C11H14N2S. The van der Waals surface area contributed by atoms with Gasteiger partial charge in [-0.3, -0.25) is 5.10 Å². The van der Waals surface area contributed by atoms with Crippen LogP contribution in [0.15, 0.2) is 6.07 Å². The Labute approximate surface area is 88.0 Å². The van der Waals surface area contributed by atoms with Gasteiger partial charge in [0.1, 0.15) is 0 Å².